The van der Waals surface area contributed by atoms with E-state index in [0.717, 1.165) is 45.6 Å². The summed E-state index contributed by atoms with van der Waals surface area (Å²) in [6.45, 7) is 3.85. The summed E-state index contributed by atoms with van der Waals surface area (Å²) in [4.78, 5) is 28.0. The van der Waals surface area contributed by atoms with E-state index in [4.69, 9.17) is 11.6 Å². The van der Waals surface area contributed by atoms with Gasteiger partial charge in [0, 0.05) is 29.4 Å². The number of benzene rings is 1. The normalized spacial score (nSPS) is 15.8. The zero-order valence-electron chi connectivity index (χ0n) is 16.2. The third kappa shape index (κ3) is 3.11. The van der Waals surface area contributed by atoms with Gasteiger partial charge >= 0.3 is 0 Å². The molecular weight excluding hydrogens is 376 g/mol. The Morgan fingerprint density at radius 2 is 2.18 bits per heavy atom. The fourth-order valence-electron chi connectivity index (χ4n) is 4.32. The highest BCUT2D eigenvalue weighted by Crippen LogP contribution is 2.35. The number of rotatable bonds is 4. The van der Waals surface area contributed by atoms with Gasteiger partial charge in [-0.15, -0.1) is 0 Å². The number of hydrogen-bond acceptors (Lipinski definition) is 3. The number of halogens is 1. The molecule has 28 heavy (non-hydrogen) atoms. The Bertz CT molecular complexity index is 1150. The number of carbonyl (C=O) groups is 1. The molecule has 0 fully saturated rings. The SMILES string of the molecule is Cc1nn(C)c2[nH]c(=O)c(CCC(=O)N[C@@H]3CCc4c(Cl)cccc43)c(C)c12. The first-order valence-corrected chi connectivity index (χ1v) is 9.86. The van der Waals surface area contributed by atoms with Crippen LogP contribution in [0.2, 0.25) is 5.02 Å². The van der Waals surface area contributed by atoms with Gasteiger partial charge in [-0.1, -0.05) is 23.7 Å². The maximum absolute atomic E-state index is 12.6. The lowest BCUT2D eigenvalue weighted by atomic mass is 10.0. The Kier molecular flexibility index (Phi) is 4.75. The first-order chi connectivity index (χ1) is 13.4. The molecule has 3 aromatic rings. The molecule has 1 aromatic carbocycles. The van der Waals surface area contributed by atoms with Crippen LogP contribution in [0.3, 0.4) is 0 Å². The van der Waals surface area contributed by atoms with Crippen LogP contribution in [0.25, 0.3) is 11.0 Å². The lowest BCUT2D eigenvalue weighted by Crippen LogP contribution is -2.28. The summed E-state index contributed by atoms with van der Waals surface area (Å²) in [7, 11) is 1.81. The van der Waals surface area contributed by atoms with Crippen molar-refractivity contribution in [2.24, 2.45) is 7.05 Å². The fourth-order valence-corrected chi connectivity index (χ4v) is 4.60. The second-order valence-corrected chi connectivity index (χ2v) is 7.86. The third-order valence-corrected chi connectivity index (χ3v) is 6.06. The molecule has 6 nitrogen and oxygen atoms in total. The molecule has 1 atom stereocenters. The number of fused-ring (bicyclic) bond motifs is 2. The molecule has 0 unspecified atom stereocenters. The highest BCUT2D eigenvalue weighted by molar-refractivity contribution is 6.31. The van der Waals surface area contributed by atoms with Gasteiger partial charge in [0.15, 0.2) is 0 Å². The minimum atomic E-state index is -0.154. The predicted octanol–water partition coefficient (Wildman–Crippen LogP) is 3.27. The van der Waals surface area contributed by atoms with E-state index in [1.54, 1.807) is 4.68 Å². The summed E-state index contributed by atoms with van der Waals surface area (Å²) in [5.41, 5.74) is 5.20. The van der Waals surface area contributed by atoms with Crippen LogP contribution in [0.4, 0.5) is 0 Å². The molecular formula is C21H23ClN4O2. The molecule has 0 aliphatic heterocycles. The number of amides is 1. The van der Waals surface area contributed by atoms with Crippen LogP contribution in [0.1, 0.15) is 46.8 Å². The summed E-state index contributed by atoms with van der Waals surface area (Å²) < 4.78 is 1.68. The van der Waals surface area contributed by atoms with Crippen molar-refractivity contribution in [3.05, 3.63) is 61.5 Å². The number of hydrogen-bond donors (Lipinski definition) is 2. The van der Waals surface area contributed by atoms with Gasteiger partial charge in [-0.3, -0.25) is 14.3 Å². The van der Waals surface area contributed by atoms with E-state index in [0.29, 0.717) is 17.6 Å². The van der Waals surface area contributed by atoms with E-state index in [-0.39, 0.29) is 23.9 Å². The van der Waals surface area contributed by atoms with Crippen molar-refractivity contribution < 1.29 is 4.79 Å². The van der Waals surface area contributed by atoms with Crippen LogP contribution in [-0.2, 0) is 24.7 Å². The standard InChI is InChI=1S/C21H23ClN4O2/c1-11-13(21(28)24-20-19(11)12(2)25-26(20)3)8-10-18(27)23-17-9-7-14-15(17)5-4-6-16(14)22/h4-6,17H,7-10H2,1-3H3,(H,23,27)(H,24,28)/t17-/m1/s1. The number of aromatic nitrogens is 3. The summed E-state index contributed by atoms with van der Waals surface area (Å²) in [5, 5.41) is 9.20. The van der Waals surface area contributed by atoms with Gasteiger partial charge in [0.2, 0.25) is 5.91 Å². The molecule has 4 rings (SSSR count). The minimum absolute atomic E-state index is 0.0105. The van der Waals surface area contributed by atoms with Crippen molar-refractivity contribution in [1.29, 1.82) is 0 Å². The molecule has 2 heterocycles. The Morgan fingerprint density at radius 3 is 2.96 bits per heavy atom. The Morgan fingerprint density at radius 1 is 1.39 bits per heavy atom. The van der Waals surface area contributed by atoms with E-state index >= 15 is 0 Å². The Hall–Kier alpha value is -2.60. The number of aromatic amines is 1. The number of nitrogens with one attached hydrogen (secondary N) is 2. The van der Waals surface area contributed by atoms with Gasteiger partial charge in [-0.2, -0.15) is 5.10 Å². The van der Waals surface area contributed by atoms with Gasteiger partial charge in [-0.05, 0) is 55.9 Å². The second kappa shape index (κ2) is 7.09. The van der Waals surface area contributed by atoms with E-state index in [1.807, 2.05) is 39.1 Å². The average Bonchev–Trinajstić information content (AvgIpc) is 3.17. The molecule has 0 spiro atoms. The average molecular weight is 399 g/mol. The molecule has 2 N–H and O–H groups in total. The van der Waals surface area contributed by atoms with Gasteiger partial charge in [0.05, 0.1) is 11.7 Å². The summed E-state index contributed by atoms with van der Waals surface area (Å²) in [5.74, 6) is -0.0559. The summed E-state index contributed by atoms with van der Waals surface area (Å²) in [6.07, 6.45) is 2.38. The Labute approximate surface area is 167 Å². The fraction of sp³-hybridized carbons (Fsp3) is 0.381. The van der Waals surface area contributed by atoms with Crippen LogP contribution < -0.4 is 10.9 Å². The van der Waals surface area contributed by atoms with Crippen molar-refractivity contribution in [3.8, 4) is 0 Å². The molecule has 1 aliphatic carbocycles. The molecule has 0 radical (unpaired) electrons. The summed E-state index contributed by atoms with van der Waals surface area (Å²) in [6, 6.07) is 5.81. The smallest absolute Gasteiger partial charge is 0.253 e. The molecule has 0 saturated heterocycles. The number of nitrogens with zero attached hydrogens (tertiary/aromatic N) is 2. The number of carbonyl (C=O) groups excluding carboxylic acids is 1. The quantitative estimate of drug-likeness (QED) is 0.707. The molecule has 0 bridgehead atoms. The zero-order chi connectivity index (χ0) is 20.0. The first-order valence-electron chi connectivity index (χ1n) is 9.48. The van der Waals surface area contributed by atoms with Crippen molar-refractivity contribution >= 4 is 28.5 Å². The molecule has 2 aromatic heterocycles. The lowest BCUT2D eigenvalue weighted by Gasteiger charge is -2.14. The Balaban J connectivity index is 1.50. The van der Waals surface area contributed by atoms with Crippen LogP contribution >= 0.6 is 11.6 Å². The monoisotopic (exact) mass is 398 g/mol. The predicted molar refractivity (Wildman–Crippen MR) is 110 cm³/mol. The van der Waals surface area contributed by atoms with Crippen molar-refractivity contribution in [3.63, 3.8) is 0 Å². The molecule has 7 heteroatoms. The summed E-state index contributed by atoms with van der Waals surface area (Å²) >= 11 is 6.25. The van der Waals surface area contributed by atoms with Crippen LogP contribution in [0, 0.1) is 13.8 Å². The van der Waals surface area contributed by atoms with Gasteiger partial charge in [0.1, 0.15) is 5.65 Å². The number of aryl methyl sites for hydroxylation is 3. The molecule has 0 saturated carbocycles. The van der Waals surface area contributed by atoms with Crippen LogP contribution in [0.5, 0.6) is 0 Å². The van der Waals surface area contributed by atoms with Gasteiger partial charge in [-0.25, -0.2) is 0 Å². The number of pyridine rings is 1. The van der Waals surface area contributed by atoms with E-state index in [1.165, 1.54) is 0 Å². The maximum atomic E-state index is 12.6. The lowest BCUT2D eigenvalue weighted by molar-refractivity contribution is -0.121. The largest absolute Gasteiger partial charge is 0.349 e. The maximum Gasteiger partial charge on any atom is 0.253 e. The number of H-pyrrole nitrogens is 1. The highest BCUT2D eigenvalue weighted by atomic mass is 35.5. The topological polar surface area (TPSA) is 79.8 Å². The minimum Gasteiger partial charge on any atom is -0.349 e. The van der Waals surface area contributed by atoms with Crippen molar-refractivity contribution in [1.82, 2.24) is 20.1 Å². The van der Waals surface area contributed by atoms with Crippen LogP contribution in [0.15, 0.2) is 23.0 Å². The van der Waals surface area contributed by atoms with E-state index in [9.17, 15) is 9.59 Å². The van der Waals surface area contributed by atoms with E-state index in [2.05, 4.69) is 15.4 Å². The van der Waals surface area contributed by atoms with E-state index < -0.39 is 0 Å². The molecule has 146 valence electrons. The second-order valence-electron chi connectivity index (χ2n) is 7.46. The third-order valence-electron chi connectivity index (χ3n) is 5.71. The van der Waals surface area contributed by atoms with Gasteiger partial charge < -0.3 is 10.3 Å². The highest BCUT2D eigenvalue weighted by Gasteiger charge is 2.25. The van der Waals surface area contributed by atoms with Crippen molar-refractivity contribution in [2.75, 3.05) is 0 Å². The van der Waals surface area contributed by atoms with Crippen LogP contribution in [-0.4, -0.2) is 20.7 Å². The first kappa shape index (κ1) is 18.7. The van der Waals surface area contributed by atoms with Crippen molar-refractivity contribution in [2.45, 2.75) is 45.6 Å². The molecule has 1 aliphatic rings. The molecule has 1 amide bonds. The zero-order valence-corrected chi connectivity index (χ0v) is 17.0. The van der Waals surface area contributed by atoms with Gasteiger partial charge in [0.25, 0.3) is 5.56 Å².